The van der Waals surface area contributed by atoms with Gasteiger partial charge in [-0.2, -0.15) is 8.42 Å². The van der Waals surface area contributed by atoms with Crippen molar-refractivity contribution in [2.75, 3.05) is 18.8 Å². The van der Waals surface area contributed by atoms with Crippen LogP contribution in [0.3, 0.4) is 0 Å². The molecule has 0 bridgehead atoms. The van der Waals surface area contributed by atoms with Gasteiger partial charge < -0.3 is 0 Å². The quantitative estimate of drug-likeness (QED) is 0.778. The molecule has 0 aliphatic rings. The molecule has 0 aliphatic carbocycles. The number of benzene rings is 1. The maximum absolute atomic E-state index is 11.7. The van der Waals surface area contributed by atoms with Crippen LogP contribution in [0, 0.1) is 0 Å². The van der Waals surface area contributed by atoms with Crippen molar-refractivity contribution in [3.8, 4) is 0 Å². The number of anilines is 1. The minimum atomic E-state index is -3.85. The van der Waals surface area contributed by atoms with Crippen LogP contribution in [0.2, 0.25) is 0 Å². The van der Waals surface area contributed by atoms with Gasteiger partial charge in [-0.15, -0.1) is 0 Å². The number of nitrogens with two attached hydrogens (primary N) is 1. The maximum Gasteiger partial charge on any atom is 0.296 e. The lowest BCUT2D eigenvalue weighted by atomic mass is 10.3. The highest BCUT2D eigenvalue weighted by atomic mass is 32.2. The van der Waals surface area contributed by atoms with Gasteiger partial charge in [-0.25, -0.2) is 17.9 Å². The van der Waals surface area contributed by atoms with Gasteiger partial charge in [0.2, 0.25) is 10.0 Å². The van der Waals surface area contributed by atoms with E-state index < -0.39 is 20.2 Å². The first kappa shape index (κ1) is 13.9. The number of rotatable bonds is 4. The zero-order valence-electron chi connectivity index (χ0n) is 9.28. The molecule has 0 saturated carbocycles. The van der Waals surface area contributed by atoms with Crippen LogP contribution in [-0.4, -0.2) is 35.2 Å². The van der Waals surface area contributed by atoms with Gasteiger partial charge in [0.25, 0.3) is 10.2 Å². The maximum atomic E-state index is 11.7. The smallest absolute Gasteiger partial charge is 0.271 e. The fourth-order valence-corrected chi connectivity index (χ4v) is 2.44. The van der Waals surface area contributed by atoms with Gasteiger partial charge in [-0.1, -0.05) is 0 Å². The lowest BCUT2D eigenvalue weighted by molar-refractivity contribution is 0.521. The predicted octanol–water partition coefficient (Wildman–Crippen LogP) is -0.448. The Balaban J connectivity index is 3.05. The molecule has 0 amide bonds. The molecule has 7 nitrogen and oxygen atoms in total. The first-order valence-electron chi connectivity index (χ1n) is 4.46. The van der Waals surface area contributed by atoms with E-state index in [0.717, 1.165) is 4.31 Å². The van der Waals surface area contributed by atoms with Gasteiger partial charge >= 0.3 is 0 Å². The summed E-state index contributed by atoms with van der Waals surface area (Å²) in [6, 6.07) is 5.23. The molecular formula is C8H13N3O4S2. The molecule has 96 valence electrons. The largest absolute Gasteiger partial charge is 0.296 e. The normalized spacial score (nSPS) is 12.7. The van der Waals surface area contributed by atoms with E-state index in [2.05, 4.69) is 0 Å². The molecule has 0 unspecified atom stereocenters. The molecule has 1 aromatic carbocycles. The first-order valence-corrected chi connectivity index (χ1v) is 7.45. The molecule has 0 radical (unpaired) electrons. The highest BCUT2D eigenvalue weighted by Crippen LogP contribution is 2.16. The standard InChI is InChI=1S/C8H13N3O4S2/c1-11(2)16(12,13)8-5-3-7(4-6-8)10-17(9,14)15/h3-6,10H,1-2H3,(H2,9,14,15). The summed E-state index contributed by atoms with van der Waals surface area (Å²) in [4.78, 5) is 0.0717. The summed E-state index contributed by atoms with van der Waals surface area (Å²) in [6.45, 7) is 0. The van der Waals surface area contributed by atoms with Crippen molar-refractivity contribution in [2.24, 2.45) is 5.14 Å². The second-order valence-corrected chi connectivity index (χ2v) is 6.90. The SMILES string of the molecule is CN(C)S(=O)(=O)c1ccc(NS(N)(=O)=O)cc1. The summed E-state index contributed by atoms with van der Waals surface area (Å²) in [5.41, 5.74) is 0.199. The van der Waals surface area contributed by atoms with Crippen molar-refractivity contribution in [2.45, 2.75) is 4.90 Å². The number of nitrogens with zero attached hydrogens (tertiary/aromatic N) is 1. The zero-order valence-corrected chi connectivity index (χ0v) is 10.9. The third kappa shape index (κ3) is 3.66. The molecule has 0 aromatic heterocycles. The molecule has 0 aliphatic heterocycles. The van der Waals surface area contributed by atoms with Gasteiger partial charge in [0.1, 0.15) is 0 Å². The van der Waals surface area contributed by atoms with Crippen LogP contribution in [0.1, 0.15) is 0 Å². The third-order valence-corrected chi connectivity index (χ3v) is 4.24. The molecular weight excluding hydrogens is 266 g/mol. The summed E-state index contributed by atoms with van der Waals surface area (Å²) in [7, 11) is -4.55. The Bertz CT molecular complexity index is 590. The van der Waals surface area contributed by atoms with Crippen molar-refractivity contribution < 1.29 is 16.8 Å². The fraction of sp³-hybridized carbons (Fsp3) is 0.250. The van der Waals surface area contributed by atoms with Crippen LogP contribution >= 0.6 is 0 Å². The van der Waals surface area contributed by atoms with Gasteiger partial charge in [0, 0.05) is 19.8 Å². The lowest BCUT2D eigenvalue weighted by Gasteiger charge is -2.11. The molecule has 9 heteroatoms. The summed E-state index contributed by atoms with van der Waals surface area (Å²) in [6.07, 6.45) is 0. The minimum Gasteiger partial charge on any atom is -0.271 e. The summed E-state index contributed by atoms with van der Waals surface area (Å²) in [5, 5.41) is 4.77. The first-order chi connectivity index (χ1) is 7.63. The molecule has 3 N–H and O–H groups in total. The van der Waals surface area contributed by atoms with E-state index in [0.29, 0.717) is 0 Å². The summed E-state index contributed by atoms with van der Waals surface area (Å²) in [5.74, 6) is 0. The lowest BCUT2D eigenvalue weighted by Crippen LogP contribution is -2.23. The van der Waals surface area contributed by atoms with Crippen molar-refractivity contribution in [1.29, 1.82) is 0 Å². The zero-order chi connectivity index (χ0) is 13.3. The number of nitrogens with one attached hydrogen (secondary N) is 1. The van der Waals surface area contributed by atoms with E-state index in [1.165, 1.54) is 38.4 Å². The van der Waals surface area contributed by atoms with E-state index in [1.807, 2.05) is 4.72 Å². The molecule has 17 heavy (non-hydrogen) atoms. The Hall–Kier alpha value is -1.16. The monoisotopic (exact) mass is 279 g/mol. The second-order valence-electron chi connectivity index (χ2n) is 3.46. The Morgan fingerprint density at radius 2 is 1.53 bits per heavy atom. The van der Waals surface area contributed by atoms with Crippen molar-refractivity contribution in [3.63, 3.8) is 0 Å². The third-order valence-electron chi connectivity index (χ3n) is 1.89. The predicted molar refractivity (Wildman–Crippen MR) is 64.0 cm³/mol. The Morgan fingerprint density at radius 1 is 1.06 bits per heavy atom. The number of hydrogen-bond acceptors (Lipinski definition) is 4. The summed E-state index contributed by atoms with van der Waals surface area (Å²) < 4.78 is 47.9. The van der Waals surface area contributed by atoms with Crippen molar-refractivity contribution in [1.82, 2.24) is 4.31 Å². The molecule has 0 atom stereocenters. The molecule has 0 fully saturated rings. The van der Waals surface area contributed by atoms with Crippen molar-refractivity contribution >= 4 is 25.9 Å². The minimum absolute atomic E-state index is 0.0717. The summed E-state index contributed by atoms with van der Waals surface area (Å²) >= 11 is 0. The number of sulfonamides is 1. The molecule has 0 spiro atoms. The van der Waals surface area contributed by atoms with E-state index in [-0.39, 0.29) is 10.6 Å². The molecule has 0 saturated heterocycles. The molecule has 0 heterocycles. The van der Waals surface area contributed by atoms with Crippen LogP contribution < -0.4 is 9.86 Å². The van der Waals surface area contributed by atoms with Crippen LogP contribution in [0.25, 0.3) is 0 Å². The van der Waals surface area contributed by atoms with E-state index in [1.54, 1.807) is 0 Å². The second kappa shape index (κ2) is 4.61. The van der Waals surface area contributed by atoms with Gasteiger partial charge in [-0.05, 0) is 24.3 Å². The van der Waals surface area contributed by atoms with E-state index in [9.17, 15) is 16.8 Å². The number of hydrogen-bond donors (Lipinski definition) is 2. The highest BCUT2D eigenvalue weighted by molar-refractivity contribution is 7.90. The highest BCUT2D eigenvalue weighted by Gasteiger charge is 2.16. The van der Waals surface area contributed by atoms with Crippen molar-refractivity contribution in [3.05, 3.63) is 24.3 Å². The van der Waals surface area contributed by atoms with E-state index in [4.69, 9.17) is 5.14 Å². The van der Waals surface area contributed by atoms with E-state index >= 15 is 0 Å². The fourth-order valence-electron chi connectivity index (χ4n) is 1.07. The van der Waals surface area contributed by atoms with Gasteiger partial charge in [0.15, 0.2) is 0 Å². The molecule has 1 aromatic rings. The Morgan fingerprint density at radius 3 is 1.88 bits per heavy atom. The van der Waals surface area contributed by atoms with Crippen LogP contribution in [-0.2, 0) is 20.2 Å². The average molecular weight is 279 g/mol. The van der Waals surface area contributed by atoms with Crippen LogP contribution in [0.15, 0.2) is 29.2 Å². The van der Waals surface area contributed by atoms with Gasteiger partial charge in [-0.3, -0.25) is 4.72 Å². The Labute approximate surface area is 100 Å². The average Bonchev–Trinajstić information content (AvgIpc) is 2.15. The van der Waals surface area contributed by atoms with Gasteiger partial charge in [0.05, 0.1) is 4.90 Å². The topological polar surface area (TPSA) is 110 Å². The molecule has 1 rings (SSSR count). The Kier molecular flexibility index (Phi) is 3.77. The van der Waals surface area contributed by atoms with Crippen LogP contribution in [0.4, 0.5) is 5.69 Å². The van der Waals surface area contributed by atoms with Crippen LogP contribution in [0.5, 0.6) is 0 Å².